The second-order valence-corrected chi connectivity index (χ2v) is 5.76. The monoisotopic (exact) mass is 378 g/mol. The van der Waals surface area contributed by atoms with Gasteiger partial charge < -0.3 is 18.9 Å². The second kappa shape index (κ2) is 8.73. The maximum absolute atomic E-state index is 11.2. The van der Waals surface area contributed by atoms with Crippen molar-refractivity contribution in [1.82, 2.24) is 0 Å². The summed E-state index contributed by atoms with van der Waals surface area (Å²) in [6, 6.07) is 20.7. The van der Waals surface area contributed by atoms with Crippen LogP contribution in [0.3, 0.4) is 0 Å². The molecule has 0 aliphatic rings. The number of rotatable bonds is 6. The van der Waals surface area contributed by atoms with E-state index in [1.807, 2.05) is 0 Å². The highest BCUT2D eigenvalue weighted by Gasteiger charge is 2.11. The molecule has 3 aromatic carbocycles. The Morgan fingerprint density at radius 1 is 0.571 bits per heavy atom. The van der Waals surface area contributed by atoms with Gasteiger partial charge in [-0.2, -0.15) is 0 Å². The molecule has 0 aliphatic carbocycles. The van der Waals surface area contributed by atoms with E-state index in [-0.39, 0.29) is 0 Å². The molecule has 0 heterocycles. The summed E-state index contributed by atoms with van der Waals surface area (Å²) in [4.78, 5) is 22.5. The van der Waals surface area contributed by atoms with Crippen LogP contribution in [-0.2, 0) is 9.59 Å². The number of para-hydroxylation sites is 4. The molecular weight excluding hydrogens is 360 g/mol. The minimum Gasteiger partial charge on any atom is -0.453 e. The lowest BCUT2D eigenvalue weighted by atomic mass is 10.3. The van der Waals surface area contributed by atoms with Crippen molar-refractivity contribution in [2.24, 2.45) is 0 Å². The second-order valence-electron chi connectivity index (χ2n) is 5.76. The molecule has 0 bridgehead atoms. The summed E-state index contributed by atoms with van der Waals surface area (Å²) in [5.41, 5.74) is 0. The van der Waals surface area contributed by atoms with E-state index in [2.05, 4.69) is 0 Å². The van der Waals surface area contributed by atoms with Gasteiger partial charge in [-0.3, -0.25) is 9.59 Å². The fourth-order valence-electron chi connectivity index (χ4n) is 2.40. The minimum atomic E-state index is -0.435. The third kappa shape index (κ3) is 5.11. The van der Waals surface area contributed by atoms with Gasteiger partial charge in [-0.1, -0.05) is 30.3 Å². The first-order valence-electron chi connectivity index (χ1n) is 8.52. The third-order valence-corrected chi connectivity index (χ3v) is 3.47. The first kappa shape index (κ1) is 19.0. The Labute approximate surface area is 162 Å². The summed E-state index contributed by atoms with van der Waals surface area (Å²) in [5, 5.41) is 0. The van der Waals surface area contributed by atoms with Crippen molar-refractivity contribution < 1.29 is 28.5 Å². The first-order chi connectivity index (χ1) is 13.5. The van der Waals surface area contributed by atoms with Crippen LogP contribution in [0.2, 0.25) is 0 Å². The number of carbonyl (C=O) groups is 2. The average molecular weight is 378 g/mol. The fourth-order valence-corrected chi connectivity index (χ4v) is 2.40. The molecular formula is C22H18O6. The Bertz CT molecular complexity index is 919. The highest BCUT2D eigenvalue weighted by atomic mass is 16.6. The van der Waals surface area contributed by atoms with Crippen LogP contribution >= 0.6 is 0 Å². The smallest absolute Gasteiger partial charge is 0.308 e. The normalized spacial score (nSPS) is 10.1. The van der Waals surface area contributed by atoms with Crippen molar-refractivity contribution in [3.05, 3.63) is 72.8 Å². The molecule has 0 amide bonds. The van der Waals surface area contributed by atoms with E-state index in [4.69, 9.17) is 18.9 Å². The van der Waals surface area contributed by atoms with Crippen LogP contribution in [0.25, 0.3) is 0 Å². The molecule has 28 heavy (non-hydrogen) atoms. The number of benzene rings is 3. The molecule has 3 rings (SSSR count). The van der Waals surface area contributed by atoms with Gasteiger partial charge in [-0.05, 0) is 36.4 Å². The van der Waals surface area contributed by atoms with Crippen molar-refractivity contribution in [1.29, 1.82) is 0 Å². The van der Waals surface area contributed by atoms with E-state index >= 15 is 0 Å². The van der Waals surface area contributed by atoms with Gasteiger partial charge in [0.25, 0.3) is 0 Å². The van der Waals surface area contributed by atoms with Crippen molar-refractivity contribution in [3.8, 4) is 34.5 Å². The maximum Gasteiger partial charge on any atom is 0.308 e. The van der Waals surface area contributed by atoms with Gasteiger partial charge in [0.15, 0.2) is 23.0 Å². The summed E-state index contributed by atoms with van der Waals surface area (Å²) in [6.07, 6.45) is 0. The molecule has 0 atom stereocenters. The summed E-state index contributed by atoms with van der Waals surface area (Å²) < 4.78 is 22.0. The van der Waals surface area contributed by atoms with Crippen molar-refractivity contribution in [3.63, 3.8) is 0 Å². The zero-order valence-electron chi connectivity index (χ0n) is 15.4. The maximum atomic E-state index is 11.2. The average Bonchev–Trinajstić information content (AvgIpc) is 2.64. The number of ether oxygens (including phenoxy) is 4. The lowest BCUT2D eigenvalue weighted by molar-refractivity contribution is -0.132. The molecule has 0 aliphatic heterocycles. The Morgan fingerprint density at radius 2 is 0.964 bits per heavy atom. The van der Waals surface area contributed by atoms with Gasteiger partial charge in [0.05, 0.1) is 0 Å². The number of esters is 2. The molecule has 0 aromatic heterocycles. The van der Waals surface area contributed by atoms with E-state index in [9.17, 15) is 9.59 Å². The summed E-state index contributed by atoms with van der Waals surface area (Å²) in [7, 11) is 0. The Balaban J connectivity index is 1.81. The molecule has 0 radical (unpaired) electrons. The lowest BCUT2D eigenvalue weighted by Gasteiger charge is -2.13. The van der Waals surface area contributed by atoms with Crippen LogP contribution in [0.1, 0.15) is 13.8 Å². The third-order valence-electron chi connectivity index (χ3n) is 3.47. The molecule has 0 saturated carbocycles. The van der Waals surface area contributed by atoms with Gasteiger partial charge >= 0.3 is 11.9 Å². The molecule has 0 unspecified atom stereocenters. The largest absolute Gasteiger partial charge is 0.453 e. The highest BCUT2D eigenvalue weighted by molar-refractivity contribution is 5.71. The Morgan fingerprint density at radius 3 is 1.36 bits per heavy atom. The van der Waals surface area contributed by atoms with Crippen molar-refractivity contribution in [2.45, 2.75) is 13.8 Å². The van der Waals surface area contributed by atoms with Gasteiger partial charge in [-0.25, -0.2) is 0 Å². The molecule has 0 spiro atoms. The number of hydrogen-bond acceptors (Lipinski definition) is 6. The number of hydrogen-bond donors (Lipinski definition) is 0. The zero-order chi connectivity index (χ0) is 19.9. The van der Waals surface area contributed by atoms with E-state index in [0.717, 1.165) is 0 Å². The van der Waals surface area contributed by atoms with E-state index in [0.29, 0.717) is 34.5 Å². The molecule has 0 N–H and O–H groups in total. The summed E-state index contributed by atoms with van der Waals surface area (Å²) in [6.45, 7) is 2.65. The molecule has 6 heteroatoms. The first-order valence-corrected chi connectivity index (χ1v) is 8.52. The minimum absolute atomic E-state index is 0.321. The van der Waals surface area contributed by atoms with Crippen molar-refractivity contribution >= 4 is 11.9 Å². The fraction of sp³-hybridized carbons (Fsp3) is 0.0909. The van der Waals surface area contributed by atoms with Gasteiger partial charge in [0, 0.05) is 19.9 Å². The van der Waals surface area contributed by atoms with E-state index < -0.39 is 11.9 Å². The van der Waals surface area contributed by atoms with Crippen LogP contribution in [0.15, 0.2) is 72.8 Å². The summed E-state index contributed by atoms with van der Waals surface area (Å²) in [5.74, 6) is 1.54. The predicted molar refractivity (Wildman–Crippen MR) is 102 cm³/mol. The SMILES string of the molecule is CC(=O)Oc1ccccc1Oc1cccc(Oc2ccccc2OC(C)=O)c1. The van der Waals surface area contributed by atoms with Gasteiger partial charge in [-0.15, -0.1) is 0 Å². The van der Waals surface area contributed by atoms with Gasteiger partial charge in [0.1, 0.15) is 11.5 Å². The van der Waals surface area contributed by atoms with Crippen LogP contribution in [0.4, 0.5) is 0 Å². The highest BCUT2D eigenvalue weighted by Crippen LogP contribution is 2.35. The zero-order valence-corrected chi connectivity index (χ0v) is 15.4. The van der Waals surface area contributed by atoms with Crippen LogP contribution in [0, 0.1) is 0 Å². The lowest BCUT2D eigenvalue weighted by Crippen LogP contribution is -2.03. The molecule has 142 valence electrons. The molecule has 0 fully saturated rings. The Kier molecular flexibility index (Phi) is 5.91. The number of carbonyl (C=O) groups excluding carboxylic acids is 2. The van der Waals surface area contributed by atoms with Gasteiger partial charge in [0.2, 0.25) is 0 Å². The van der Waals surface area contributed by atoms with Crippen LogP contribution < -0.4 is 18.9 Å². The van der Waals surface area contributed by atoms with E-state index in [1.54, 1.807) is 72.8 Å². The quantitative estimate of drug-likeness (QED) is 0.438. The Hall–Kier alpha value is -3.80. The van der Waals surface area contributed by atoms with E-state index in [1.165, 1.54) is 13.8 Å². The van der Waals surface area contributed by atoms with Crippen LogP contribution in [-0.4, -0.2) is 11.9 Å². The predicted octanol–water partition coefficient (Wildman–Crippen LogP) is 5.12. The van der Waals surface area contributed by atoms with Crippen LogP contribution in [0.5, 0.6) is 34.5 Å². The summed E-state index contributed by atoms with van der Waals surface area (Å²) >= 11 is 0. The molecule has 3 aromatic rings. The molecule has 0 saturated heterocycles. The standard InChI is InChI=1S/C22H18O6/c1-15(23)25-19-10-3-5-12-21(19)27-17-8-7-9-18(14-17)28-22-13-6-4-11-20(22)26-16(2)24/h3-14H,1-2H3. The topological polar surface area (TPSA) is 71.1 Å². The van der Waals surface area contributed by atoms with Crippen molar-refractivity contribution in [2.75, 3.05) is 0 Å². The molecule has 6 nitrogen and oxygen atoms in total.